The molecule has 0 N–H and O–H groups in total. The molecule has 0 radical (unpaired) electrons. The van der Waals surface area contributed by atoms with Crippen molar-refractivity contribution in [2.75, 3.05) is 13.1 Å². The van der Waals surface area contributed by atoms with E-state index in [0.29, 0.717) is 17.1 Å². The van der Waals surface area contributed by atoms with Gasteiger partial charge in [-0.05, 0) is 36.2 Å². The van der Waals surface area contributed by atoms with Crippen molar-refractivity contribution in [1.29, 1.82) is 0 Å². The standard InChI is InChI=1S/C24H23Cl2FN2/c1-17-7-2-3-8-18(17)15-28-13-14-29(16-20-22(26)11-6-12-23(20)27)24(28)19-9-4-5-10-21(19)25/h2-12,24H,13-16H2,1H3/t24-/m1/s1. The molecule has 1 saturated heterocycles. The Morgan fingerprint density at radius 3 is 2.21 bits per heavy atom. The summed E-state index contributed by atoms with van der Waals surface area (Å²) in [5.41, 5.74) is 4.12. The minimum atomic E-state index is -0.271. The molecule has 4 rings (SSSR count). The molecule has 29 heavy (non-hydrogen) atoms. The predicted molar refractivity (Wildman–Crippen MR) is 118 cm³/mol. The summed E-state index contributed by atoms with van der Waals surface area (Å²) in [6.45, 7) is 5.06. The molecule has 0 unspecified atom stereocenters. The Bertz CT molecular complexity index is 987. The van der Waals surface area contributed by atoms with Crippen LogP contribution in [0.3, 0.4) is 0 Å². The van der Waals surface area contributed by atoms with Crippen molar-refractivity contribution < 1.29 is 4.39 Å². The second-order valence-electron chi connectivity index (χ2n) is 7.46. The van der Waals surface area contributed by atoms with Gasteiger partial charge in [-0.1, -0.05) is 71.7 Å². The quantitative estimate of drug-likeness (QED) is 0.460. The van der Waals surface area contributed by atoms with Crippen molar-refractivity contribution in [1.82, 2.24) is 9.80 Å². The van der Waals surface area contributed by atoms with Crippen LogP contribution in [0.5, 0.6) is 0 Å². The largest absolute Gasteiger partial charge is 0.278 e. The lowest BCUT2D eigenvalue weighted by Gasteiger charge is -2.32. The van der Waals surface area contributed by atoms with Crippen molar-refractivity contribution in [2.24, 2.45) is 0 Å². The summed E-state index contributed by atoms with van der Waals surface area (Å²) in [6, 6.07) is 21.2. The van der Waals surface area contributed by atoms with Crippen LogP contribution in [0.4, 0.5) is 4.39 Å². The van der Waals surface area contributed by atoms with Crippen LogP contribution in [0.15, 0.2) is 66.7 Å². The molecule has 0 spiro atoms. The predicted octanol–water partition coefficient (Wildman–Crippen LogP) is 6.46. The summed E-state index contributed by atoms with van der Waals surface area (Å²) in [4.78, 5) is 4.65. The monoisotopic (exact) mass is 428 g/mol. The molecule has 0 saturated carbocycles. The highest BCUT2D eigenvalue weighted by molar-refractivity contribution is 6.31. The van der Waals surface area contributed by atoms with Crippen LogP contribution < -0.4 is 0 Å². The molecule has 1 atom stereocenters. The zero-order valence-electron chi connectivity index (χ0n) is 16.3. The van der Waals surface area contributed by atoms with E-state index < -0.39 is 0 Å². The lowest BCUT2D eigenvalue weighted by Crippen LogP contribution is -2.31. The Hall–Kier alpha value is -1.91. The zero-order valence-corrected chi connectivity index (χ0v) is 17.8. The second-order valence-corrected chi connectivity index (χ2v) is 8.28. The topological polar surface area (TPSA) is 6.48 Å². The maximum atomic E-state index is 14.5. The van der Waals surface area contributed by atoms with Gasteiger partial charge in [-0.3, -0.25) is 9.80 Å². The summed E-state index contributed by atoms with van der Waals surface area (Å²) in [5.74, 6) is -0.271. The summed E-state index contributed by atoms with van der Waals surface area (Å²) < 4.78 is 14.5. The number of nitrogens with zero attached hydrogens (tertiary/aromatic N) is 2. The SMILES string of the molecule is Cc1ccccc1CN1CCN(Cc2c(F)cccc2Cl)[C@@H]1c1ccccc1Cl. The normalized spacial score (nSPS) is 17.7. The van der Waals surface area contributed by atoms with Crippen LogP contribution in [-0.2, 0) is 13.1 Å². The summed E-state index contributed by atoms with van der Waals surface area (Å²) >= 11 is 12.9. The minimum absolute atomic E-state index is 0.0426. The first-order valence-corrected chi connectivity index (χ1v) is 10.5. The minimum Gasteiger partial charge on any atom is -0.278 e. The van der Waals surface area contributed by atoms with E-state index in [1.807, 2.05) is 18.2 Å². The van der Waals surface area contributed by atoms with Gasteiger partial charge in [-0.15, -0.1) is 0 Å². The maximum Gasteiger partial charge on any atom is 0.129 e. The van der Waals surface area contributed by atoms with Gasteiger partial charge in [-0.2, -0.15) is 0 Å². The van der Waals surface area contributed by atoms with Crippen LogP contribution in [0.25, 0.3) is 0 Å². The molecule has 1 heterocycles. The molecular weight excluding hydrogens is 406 g/mol. The van der Waals surface area contributed by atoms with Crippen LogP contribution in [-0.4, -0.2) is 22.9 Å². The Morgan fingerprint density at radius 2 is 1.48 bits per heavy atom. The van der Waals surface area contributed by atoms with E-state index >= 15 is 0 Å². The molecule has 150 valence electrons. The first-order chi connectivity index (χ1) is 14.0. The molecule has 1 aliphatic rings. The van der Waals surface area contributed by atoms with E-state index in [1.54, 1.807) is 12.1 Å². The van der Waals surface area contributed by atoms with Gasteiger partial charge in [0.1, 0.15) is 5.82 Å². The van der Waals surface area contributed by atoms with Gasteiger partial charge in [0.2, 0.25) is 0 Å². The number of aryl methyl sites for hydroxylation is 1. The van der Waals surface area contributed by atoms with Crippen molar-refractivity contribution in [3.8, 4) is 0 Å². The van der Waals surface area contributed by atoms with Gasteiger partial charge >= 0.3 is 0 Å². The highest BCUT2D eigenvalue weighted by atomic mass is 35.5. The first kappa shape index (κ1) is 20.4. The molecule has 1 fully saturated rings. The van der Waals surface area contributed by atoms with Crippen LogP contribution in [0.1, 0.15) is 28.4 Å². The van der Waals surface area contributed by atoms with E-state index in [4.69, 9.17) is 23.2 Å². The third kappa shape index (κ3) is 4.34. The lowest BCUT2D eigenvalue weighted by molar-refractivity contribution is 0.124. The molecule has 5 heteroatoms. The molecule has 3 aromatic carbocycles. The third-order valence-electron chi connectivity index (χ3n) is 5.61. The Labute approximate surface area is 181 Å². The van der Waals surface area contributed by atoms with E-state index in [-0.39, 0.29) is 12.0 Å². The van der Waals surface area contributed by atoms with Gasteiger partial charge < -0.3 is 0 Å². The van der Waals surface area contributed by atoms with Gasteiger partial charge in [0.15, 0.2) is 0 Å². The van der Waals surface area contributed by atoms with Crippen molar-refractivity contribution in [3.05, 3.63) is 105 Å². The van der Waals surface area contributed by atoms with Gasteiger partial charge in [-0.25, -0.2) is 4.39 Å². The fraction of sp³-hybridized carbons (Fsp3) is 0.250. The number of rotatable bonds is 5. The first-order valence-electron chi connectivity index (χ1n) is 9.74. The van der Waals surface area contributed by atoms with E-state index in [9.17, 15) is 4.39 Å². The van der Waals surface area contributed by atoms with Crippen LogP contribution in [0.2, 0.25) is 10.0 Å². The summed E-state index contributed by atoms with van der Waals surface area (Å²) in [7, 11) is 0. The second kappa shape index (κ2) is 8.85. The van der Waals surface area contributed by atoms with Crippen LogP contribution in [0, 0.1) is 12.7 Å². The fourth-order valence-electron chi connectivity index (χ4n) is 4.03. The van der Waals surface area contributed by atoms with Crippen molar-refractivity contribution >= 4 is 23.2 Å². The van der Waals surface area contributed by atoms with E-state index in [0.717, 1.165) is 30.2 Å². The van der Waals surface area contributed by atoms with Crippen LogP contribution >= 0.6 is 23.2 Å². The fourth-order valence-corrected chi connectivity index (χ4v) is 4.49. The van der Waals surface area contributed by atoms with Gasteiger partial charge in [0.05, 0.1) is 6.17 Å². The highest BCUT2D eigenvalue weighted by Gasteiger charge is 2.35. The smallest absolute Gasteiger partial charge is 0.129 e. The average molecular weight is 429 g/mol. The molecular formula is C24H23Cl2FN2. The van der Waals surface area contributed by atoms with E-state index in [1.165, 1.54) is 17.2 Å². The molecule has 0 bridgehead atoms. The summed E-state index contributed by atoms with van der Waals surface area (Å²) in [5, 5.41) is 1.18. The van der Waals surface area contributed by atoms with Crippen molar-refractivity contribution in [2.45, 2.75) is 26.2 Å². The molecule has 0 aliphatic carbocycles. The molecule has 0 aromatic heterocycles. The summed E-state index contributed by atoms with van der Waals surface area (Å²) in [6.07, 6.45) is -0.0426. The Balaban J connectivity index is 1.68. The Kier molecular flexibility index (Phi) is 6.21. The molecule has 1 aliphatic heterocycles. The highest BCUT2D eigenvalue weighted by Crippen LogP contribution is 2.37. The maximum absolute atomic E-state index is 14.5. The van der Waals surface area contributed by atoms with Gasteiger partial charge in [0, 0.05) is 47.4 Å². The molecule has 2 nitrogen and oxygen atoms in total. The number of hydrogen-bond acceptors (Lipinski definition) is 2. The lowest BCUT2D eigenvalue weighted by atomic mass is 10.1. The number of benzene rings is 3. The Morgan fingerprint density at radius 1 is 0.828 bits per heavy atom. The van der Waals surface area contributed by atoms with Gasteiger partial charge in [0.25, 0.3) is 0 Å². The molecule has 0 amide bonds. The third-order valence-corrected chi connectivity index (χ3v) is 6.31. The molecule has 3 aromatic rings. The van der Waals surface area contributed by atoms with E-state index in [2.05, 4.69) is 47.1 Å². The number of halogens is 3. The zero-order chi connectivity index (χ0) is 20.4. The van der Waals surface area contributed by atoms with Crippen molar-refractivity contribution in [3.63, 3.8) is 0 Å². The number of hydrogen-bond donors (Lipinski definition) is 0. The average Bonchev–Trinajstić information content (AvgIpc) is 3.09.